The third-order valence-electron chi connectivity index (χ3n) is 12.1. The fourth-order valence-corrected chi connectivity index (χ4v) is 9.47. The lowest BCUT2D eigenvalue weighted by molar-refractivity contribution is -0.181. The minimum Gasteiger partial charge on any atom is -0.458 e. The van der Waals surface area contributed by atoms with Crippen molar-refractivity contribution in [2.75, 3.05) is 6.61 Å². The van der Waals surface area contributed by atoms with Crippen molar-refractivity contribution in [3.8, 4) is 0 Å². The van der Waals surface area contributed by atoms with Crippen LogP contribution < -0.4 is 0 Å². The van der Waals surface area contributed by atoms with E-state index in [1.165, 1.54) is 51.4 Å². The number of allylic oxidation sites excluding steroid dienone is 6. The molecule has 6 heteroatoms. The van der Waals surface area contributed by atoms with Crippen molar-refractivity contribution in [3.05, 3.63) is 36.0 Å². The zero-order chi connectivity index (χ0) is 32.5. The van der Waals surface area contributed by atoms with Gasteiger partial charge >= 0.3 is 5.97 Å². The number of aliphatic hydroxyl groups excluding tert-OH is 1. The Morgan fingerprint density at radius 3 is 2.29 bits per heavy atom. The van der Waals surface area contributed by atoms with Crippen LogP contribution in [0.3, 0.4) is 0 Å². The number of rotatable bonds is 18. The van der Waals surface area contributed by atoms with Crippen molar-refractivity contribution >= 4 is 17.5 Å². The Hall–Kier alpha value is -2.05. The van der Waals surface area contributed by atoms with Crippen LogP contribution in [0.25, 0.3) is 0 Å². The zero-order valence-electron chi connectivity index (χ0n) is 28.4. The van der Waals surface area contributed by atoms with Crippen molar-refractivity contribution < 1.29 is 29.3 Å². The molecule has 252 valence electrons. The van der Waals surface area contributed by atoms with Crippen molar-refractivity contribution in [1.82, 2.24) is 0 Å². The van der Waals surface area contributed by atoms with Gasteiger partial charge in [0.25, 0.3) is 0 Å². The van der Waals surface area contributed by atoms with Crippen molar-refractivity contribution in [2.24, 2.45) is 28.6 Å². The maximum Gasteiger partial charge on any atom is 0.306 e. The SMILES string of the molecule is CCCCCCCC/C=C/CCCCCCCC(=O)OCC(=O)[C@@]1(O)CC[C@H]2[C@@H]3CCC4=CC(=O)C=C[C@]4(C)[C@H]3[C@@H](O)C[C@@]21C. The van der Waals surface area contributed by atoms with E-state index in [-0.39, 0.29) is 41.3 Å². The monoisotopic (exact) mass is 624 g/mol. The second-order valence-electron chi connectivity index (χ2n) is 15.0. The molecule has 3 fully saturated rings. The van der Waals surface area contributed by atoms with E-state index in [0.717, 1.165) is 50.5 Å². The minimum absolute atomic E-state index is 0.00342. The van der Waals surface area contributed by atoms with E-state index in [0.29, 0.717) is 19.3 Å². The third kappa shape index (κ3) is 8.09. The summed E-state index contributed by atoms with van der Waals surface area (Å²) in [5.41, 5.74) is -1.71. The van der Waals surface area contributed by atoms with Crippen LogP contribution in [0, 0.1) is 28.6 Å². The van der Waals surface area contributed by atoms with Gasteiger partial charge in [0.2, 0.25) is 5.78 Å². The van der Waals surface area contributed by atoms with Gasteiger partial charge in [0.1, 0.15) is 5.60 Å². The Morgan fingerprint density at radius 2 is 1.60 bits per heavy atom. The lowest BCUT2D eigenvalue weighted by Gasteiger charge is -2.59. The lowest BCUT2D eigenvalue weighted by atomic mass is 9.46. The summed E-state index contributed by atoms with van der Waals surface area (Å²) in [6.07, 6.45) is 28.0. The number of hydrogen-bond acceptors (Lipinski definition) is 6. The number of unbranched alkanes of at least 4 members (excludes halogenated alkanes) is 11. The summed E-state index contributed by atoms with van der Waals surface area (Å²) in [6, 6.07) is 0. The predicted molar refractivity (Wildman–Crippen MR) is 178 cm³/mol. The maximum absolute atomic E-state index is 13.5. The molecule has 4 rings (SSSR count). The number of carbonyl (C=O) groups excluding carboxylic acids is 3. The first-order chi connectivity index (χ1) is 21.6. The molecule has 0 spiro atoms. The topological polar surface area (TPSA) is 101 Å². The van der Waals surface area contributed by atoms with Gasteiger partial charge in [-0.05, 0) is 88.2 Å². The van der Waals surface area contributed by atoms with Gasteiger partial charge in [0.15, 0.2) is 12.4 Å². The number of fused-ring (bicyclic) bond motifs is 5. The van der Waals surface area contributed by atoms with Crippen LogP contribution in [-0.2, 0) is 19.1 Å². The van der Waals surface area contributed by atoms with Gasteiger partial charge in [0.05, 0.1) is 6.10 Å². The molecule has 0 aromatic heterocycles. The van der Waals surface area contributed by atoms with Gasteiger partial charge < -0.3 is 14.9 Å². The van der Waals surface area contributed by atoms with Gasteiger partial charge in [0, 0.05) is 23.2 Å². The Labute approximate surface area is 272 Å². The highest BCUT2D eigenvalue weighted by Crippen LogP contribution is 2.67. The summed E-state index contributed by atoms with van der Waals surface area (Å²) in [6.45, 7) is 5.90. The molecule has 6 nitrogen and oxygen atoms in total. The summed E-state index contributed by atoms with van der Waals surface area (Å²) < 4.78 is 5.39. The van der Waals surface area contributed by atoms with Gasteiger partial charge in [-0.25, -0.2) is 0 Å². The van der Waals surface area contributed by atoms with E-state index in [9.17, 15) is 24.6 Å². The normalized spacial score (nSPS) is 33.9. The third-order valence-corrected chi connectivity index (χ3v) is 12.1. The van der Waals surface area contributed by atoms with Crippen LogP contribution in [-0.4, -0.2) is 46.1 Å². The van der Waals surface area contributed by atoms with Crippen LogP contribution in [0.1, 0.15) is 143 Å². The van der Waals surface area contributed by atoms with E-state index >= 15 is 0 Å². The molecule has 45 heavy (non-hydrogen) atoms. The van der Waals surface area contributed by atoms with Crippen molar-refractivity contribution in [2.45, 2.75) is 154 Å². The Kier molecular flexibility index (Phi) is 12.9. The second-order valence-corrected chi connectivity index (χ2v) is 15.0. The molecule has 0 unspecified atom stereocenters. The van der Waals surface area contributed by atoms with E-state index in [4.69, 9.17) is 4.74 Å². The van der Waals surface area contributed by atoms with Crippen LogP contribution in [0.15, 0.2) is 36.0 Å². The summed E-state index contributed by atoms with van der Waals surface area (Å²) >= 11 is 0. The average molecular weight is 625 g/mol. The van der Waals surface area contributed by atoms with Gasteiger partial charge in [-0.1, -0.05) is 95.9 Å². The summed E-state index contributed by atoms with van der Waals surface area (Å²) in [7, 11) is 0. The molecular formula is C39H60O6. The average Bonchev–Trinajstić information content (AvgIpc) is 3.28. The number of carbonyl (C=O) groups is 3. The Balaban J connectivity index is 1.14. The highest BCUT2D eigenvalue weighted by molar-refractivity contribution is 6.01. The van der Waals surface area contributed by atoms with Crippen LogP contribution >= 0.6 is 0 Å². The number of hydrogen-bond donors (Lipinski definition) is 2. The predicted octanol–water partition coefficient (Wildman–Crippen LogP) is 8.15. The molecular weight excluding hydrogens is 564 g/mol. The first-order valence-corrected chi connectivity index (χ1v) is 18.3. The summed E-state index contributed by atoms with van der Waals surface area (Å²) in [4.78, 5) is 38.0. The van der Waals surface area contributed by atoms with Gasteiger partial charge in [-0.15, -0.1) is 0 Å². The van der Waals surface area contributed by atoms with E-state index in [1.54, 1.807) is 12.2 Å². The molecule has 0 bridgehead atoms. The Morgan fingerprint density at radius 1 is 0.956 bits per heavy atom. The number of Topliss-reactive ketones (excluding diaryl/α,β-unsaturated/α-hetero) is 1. The second kappa shape index (κ2) is 16.2. The van der Waals surface area contributed by atoms with Crippen LogP contribution in [0.4, 0.5) is 0 Å². The van der Waals surface area contributed by atoms with Crippen LogP contribution in [0.2, 0.25) is 0 Å². The van der Waals surface area contributed by atoms with Crippen molar-refractivity contribution in [3.63, 3.8) is 0 Å². The lowest BCUT2D eigenvalue weighted by Crippen LogP contribution is -2.61. The molecule has 4 aliphatic carbocycles. The molecule has 0 amide bonds. The Bertz CT molecular complexity index is 1120. The number of aliphatic hydroxyl groups is 2. The number of ketones is 2. The molecule has 0 radical (unpaired) electrons. The largest absolute Gasteiger partial charge is 0.458 e. The molecule has 0 aromatic carbocycles. The standard InChI is InChI=1S/C39H60O6/c1-4-5-6-7-8-9-10-11-12-13-14-15-16-17-18-19-35(43)45-28-34(42)39(44)25-23-32-31-21-20-29-26-30(40)22-24-37(29,2)36(31)33(41)27-38(32,39)3/h11-12,22,24,26,31-33,36,41,44H,4-10,13-21,23,25,27-28H2,1-3H3/b12-11+/t31-,32-,33-,36+,37-,38-,39-/m0/s1. The fraction of sp³-hybridized carbons (Fsp3) is 0.769. The molecule has 3 saturated carbocycles. The van der Waals surface area contributed by atoms with E-state index in [1.807, 2.05) is 13.0 Å². The summed E-state index contributed by atoms with van der Waals surface area (Å²) in [5, 5.41) is 23.4. The van der Waals surface area contributed by atoms with Gasteiger partial charge in [-0.3, -0.25) is 14.4 Å². The first-order valence-electron chi connectivity index (χ1n) is 18.3. The summed E-state index contributed by atoms with van der Waals surface area (Å²) in [5.74, 6) is -0.654. The van der Waals surface area contributed by atoms with Gasteiger partial charge in [-0.2, -0.15) is 0 Å². The van der Waals surface area contributed by atoms with E-state index < -0.39 is 29.5 Å². The first kappa shape index (κ1) is 35.8. The molecule has 0 aromatic rings. The minimum atomic E-state index is -1.62. The highest BCUT2D eigenvalue weighted by atomic mass is 16.5. The quantitative estimate of drug-likeness (QED) is 0.0907. The van der Waals surface area contributed by atoms with Crippen LogP contribution in [0.5, 0.6) is 0 Å². The van der Waals surface area contributed by atoms with E-state index in [2.05, 4.69) is 26.0 Å². The van der Waals surface area contributed by atoms with Crippen molar-refractivity contribution in [1.29, 1.82) is 0 Å². The number of ether oxygens (including phenoxy) is 1. The fourth-order valence-electron chi connectivity index (χ4n) is 9.47. The molecule has 0 aliphatic heterocycles. The molecule has 7 atom stereocenters. The molecule has 0 saturated heterocycles. The molecule has 2 N–H and O–H groups in total. The highest BCUT2D eigenvalue weighted by Gasteiger charge is 2.68. The zero-order valence-corrected chi connectivity index (χ0v) is 28.4. The molecule has 0 heterocycles. The maximum atomic E-state index is 13.5. The number of esters is 1. The molecule has 4 aliphatic rings. The smallest absolute Gasteiger partial charge is 0.306 e.